The van der Waals surface area contributed by atoms with E-state index < -0.39 is 0 Å². The van der Waals surface area contributed by atoms with Crippen molar-refractivity contribution in [2.24, 2.45) is 5.92 Å². The highest BCUT2D eigenvalue weighted by Crippen LogP contribution is 2.33. The summed E-state index contributed by atoms with van der Waals surface area (Å²) in [6.45, 7) is 1.43. The summed E-state index contributed by atoms with van der Waals surface area (Å²) >= 11 is 0. The average Bonchev–Trinajstić information content (AvgIpc) is 3.29. The van der Waals surface area contributed by atoms with Gasteiger partial charge in [0, 0.05) is 31.2 Å². The number of hydrogen-bond acceptors (Lipinski definition) is 4. The summed E-state index contributed by atoms with van der Waals surface area (Å²) in [5.41, 5.74) is 1.13. The van der Waals surface area contributed by atoms with Gasteiger partial charge in [-0.2, -0.15) is 0 Å². The molecule has 21 heavy (non-hydrogen) atoms. The van der Waals surface area contributed by atoms with Crippen molar-refractivity contribution < 1.29 is 9.21 Å². The fourth-order valence-corrected chi connectivity index (χ4v) is 3.13. The van der Waals surface area contributed by atoms with Crippen LogP contribution in [0.15, 0.2) is 27.5 Å². The van der Waals surface area contributed by atoms with Crippen LogP contribution in [0.4, 0.5) is 0 Å². The van der Waals surface area contributed by atoms with Gasteiger partial charge in [0.05, 0.1) is 0 Å². The van der Waals surface area contributed by atoms with Crippen molar-refractivity contribution in [3.05, 3.63) is 28.9 Å². The van der Waals surface area contributed by atoms with Crippen LogP contribution in [0.3, 0.4) is 0 Å². The van der Waals surface area contributed by atoms with Crippen molar-refractivity contribution in [3.8, 4) is 0 Å². The number of hydrogen-bond donors (Lipinski definition) is 0. The van der Waals surface area contributed by atoms with Crippen molar-refractivity contribution in [1.29, 1.82) is 0 Å². The molecule has 0 atom stereocenters. The molecule has 2 aromatic heterocycles. The molecule has 1 aliphatic heterocycles. The van der Waals surface area contributed by atoms with Crippen LogP contribution >= 0.6 is 0 Å². The van der Waals surface area contributed by atoms with E-state index >= 15 is 0 Å². The first-order chi connectivity index (χ1) is 10.2. The summed E-state index contributed by atoms with van der Waals surface area (Å²) in [5.74, 6) is 0.201. The van der Waals surface area contributed by atoms with E-state index in [1.54, 1.807) is 22.9 Å². The third kappa shape index (κ3) is 2.14. The first-order valence-corrected chi connectivity index (χ1v) is 7.49. The lowest BCUT2D eigenvalue weighted by atomic mass is 10.0. The molecular weight excluding hydrogens is 270 g/mol. The van der Waals surface area contributed by atoms with Crippen LogP contribution in [-0.2, 0) is 4.79 Å². The van der Waals surface area contributed by atoms with Gasteiger partial charge in [0.25, 0.3) is 0 Å². The molecule has 0 N–H and O–H groups in total. The molecule has 6 nitrogen and oxygen atoms in total. The molecule has 2 fully saturated rings. The fourth-order valence-electron chi connectivity index (χ4n) is 3.13. The van der Waals surface area contributed by atoms with Crippen molar-refractivity contribution >= 4 is 17.1 Å². The van der Waals surface area contributed by atoms with Crippen molar-refractivity contribution in [2.75, 3.05) is 13.1 Å². The predicted molar refractivity (Wildman–Crippen MR) is 75.8 cm³/mol. The summed E-state index contributed by atoms with van der Waals surface area (Å²) in [6.07, 6.45) is 5.30. The number of nitrogens with zero attached hydrogens (tertiary/aromatic N) is 3. The summed E-state index contributed by atoms with van der Waals surface area (Å²) in [7, 11) is 0. The van der Waals surface area contributed by atoms with E-state index in [4.69, 9.17) is 4.42 Å². The van der Waals surface area contributed by atoms with E-state index in [0.717, 1.165) is 25.7 Å². The standard InChI is InChI=1S/C15H17N3O3/c19-14(10-3-4-10)17-8-5-11(6-9-17)18-13-12(21-15(18)20)2-1-7-16-13/h1-2,7,10-11H,3-6,8-9H2. The van der Waals surface area contributed by atoms with Gasteiger partial charge in [0.1, 0.15) is 0 Å². The molecule has 1 saturated carbocycles. The molecule has 0 bridgehead atoms. The van der Waals surface area contributed by atoms with E-state index in [0.29, 0.717) is 24.3 Å². The Bertz CT molecular complexity index is 736. The Labute approximate surface area is 121 Å². The predicted octanol–water partition coefficient (Wildman–Crippen LogP) is 1.56. The molecule has 0 spiro atoms. The Morgan fingerprint density at radius 3 is 2.71 bits per heavy atom. The highest BCUT2D eigenvalue weighted by atomic mass is 16.4. The van der Waals surface area contributed by atoms with Gasteiger partial charge in [-0.3, -0.25) is 9.36 Å². The Kier molecular flexibility index (Phi) is 2.83. The molecule has 1 saturated heterocycles. The second kappa shape index (κ2) is 4.72. The minimum atomic E-state index is -0.351. The van der Waals surface area contributed by atoms with Gasteiger partial charge >= 0.3 is 5.76 Å². The lowest BCUT2D eigenvalue weighted by molar-refractivity contribution is -0.133. The van der Waals surface area contributed by atoms with E-state index in [9.17, 15) is 9.59 Å². The van der Waals surface area contributed by atoms with Gasteiger partial charge < -0.3 is 9.32 Å². The zero-order valence-electron chi connectivity index (χ0n) is 11.7. The van der Waals surface area contributed by atoms with Gasteiger partial charge in [-0.05, 0) is 37.8 Å². The molecule has 0 aromatic carbocycles. The molecule has 6 heteroatoms. The van der Waals surface area contributed by atoms with Crippen LogP contribution in [0.25, 0.3) is 11.2 Å². The van der Waals surface area contributed by atoms with Gasteiger partial charge in [-0.15, -0.1) is 0 Å². The molecule has 2 aromatic rings. The molecule has 2 aliphatic rings. The maximum Gasteiger partial charge on any atom is 0.421 e. The van der Waals surface area contributed by atoms with Crippen LogP contribution in [-0.4, -0.2) is 33.4 Å². The quantitative estimate of drug-likeness (QED) is 0.840. The second-order valence-corrected chi connectivity index (χ2v) is 5.89. The number of carbonyl (C=O) groups is 1. The molecule has 1 aliphatic carbocycles. The number of pyridine rings is 1. The van der Waals surface area contributed by atoms with Crippen LogP contribution in [0.2, 0.25) is 0 Å². The summed E-state index contributed by atoms with van der Waals surface area (Å²) in [4.78, 5) is 30.3. The maximum absolute atomic E-state index is 12.1. The number of rotatable bonds is 2. The van der Waals surface area contributed by atoms with E-state index in [-0.39, 0.29) is 23.6 Å². The molecule has 110 valence electrons. The first kappa shape index (κ1) is 12.6. The molecule has 3 heterocycles. The number of likely N-dealkylation sites (tertiary alicyclic amines) is 1. The van der Waals surface area contributed by atoms with E-state index in [1.165, 1.54) is 0 Å². The minimum Gasteiger partial charge on any atom is -0.406 e. The lowest BCUT2D eigenvalue weighted by Crippen LogP contribution is -2.41. The molecule has 0 radical (unpaired) electrons. The van der Waals surface area contributed by atoms with Crippen molar-refractivity contribution in [2.45, 2.75) is 31.7 Å². The zero-order chi connectivity index (χ0) is 14.4. The van der Waals surface area contributed by atoms with Gasteiger partial charge in [0.15, 0.2) is 11.2 Å². The summed E-state index contributed by atoms with van der Waals surface area (Å²) in [6, 6.07) is 3.58. The van der Waals surface area contributed by atoms with Crippen LogP contribution in [0, 0.1) is 5.92 Å². The number of amides is 1. The van der Waals surface area contributed by atoms with Gasteiger partial charge in [0.2, 0.25) is 5.91 Å². The zero-order valence-corrected chi connectivity index (χ0v) is 11.7. The number of carbonyl (C=O) groups excluding carboxylic acids is 1. The van der Waals surface area contributed by atoms with E-state index in [1.807, 2.05) is 4.90 Å². The SMILES string of the molecule is O=C(C1CC1)N1CCC(n2c(=O)oc3cccnc32)CC1. The number of fused-ring (bicyclic) bond motifs is 1. The van der Waals surface area contributed by atoms with Crippen molar-refractivity contribution in [3.63, 3.8) is 0 Å². The number of oxazole rings is 1. The molecular formula is C15H17N3O3. The Morgan fingerprint density at radius 2 is 2.00 bits per heavy atom. The minimum absolute atomic E-state index is 0.0666. The summed E-state index contributed by atoms with van der Waals surface area (Å²) in [5, 5.41) is 0. The summed E-state index contributed by atoms with van der Waals surface area (Å²) < 4.78 is 6.89. The Morgan fingerprint density at radius 1 is 1.24 bits per heavy atom. The lowest BCUT2D eigenvalue weighted by Gasteiger charge is -2.32. The van der Waals surface area contributed by atoms with Gasteiger partial charge in [-0.1, -0.05) is 0 Å². The maximum atomic E-state index is 12.1. The number of piperidine rings is 1. The van der Waals surface area contributed by atoms with Crippen molar-refractivity contribution in [1.82, 2.24) is 14.5 Å². The van der Waals surface area contributed by atoms with Crippen LogP contribution < -0.4 is 5.76 Å². The van der Waals surface area contributed by atoms with Crippen LogP contribution in [0.5, 0.6) is 0 Å². The Balaban J connectivity index is 1.56. The molecule has 1 amide bonds. The molecule has 0 unspecified atom stereocenters. The third-order valence-corrected chi connectivity index (χ3v) is 4.44. The second-order valence-electron chi connectivity index (χ2n) is 5.89. The monoisotopic (exact) mass is 287 g/mol. The van der Waals surface area contributed by atoms with Gasteiger partial charge in [-0.25, -0.2) is 9.78 Å². The first-order valence-electron chi connectivity index (χ1n) is 7.49. The topological polar surface area (TPSA) is 68.3 Å². The molecule has 4 rings (SSSR count). The largest absolute Gasteiger partial charge is 0.421 e. The Hall–Kier alpha value is -2.11. The average molecular weight is 287 g/mol. The highest BCUT2D eigenvalue weighted by Gasteiger charge is 2.35. The highest BCUT2D eigenvalue weighted by molar-refractivity contribution is 5.81. The number of aromatic nitrogens is 2. The normalized spacial score (nSPS) is 20.1. The smallest absolute Gasteiger partial charge is 0.406 e. The van der Waals surface area contributed by atoms with E-state index in [2.05, 4.69) is 4.98 Å². The fraction of sp³-hybridized carbons (Fsp3) is 0.533. The third-order valence-electron chi connectivity index (χ3n) is 4.44. The van der Waals surface area contributed by atoms with Crippen LogP contribution in [0.1, 0.15) is 31.7 Å².